The van der Waals surface area contributed by atoms with Crippen LogP contribution in [0.3, 0.4) is 0 Å². The predicted molar refractivity (Wildman–Crippen MR) is 65.7 cm³/mol. The molecule has 2 rings (SSSR count). The highest BCUT2D eigenvalue weighted by Gasteiger charge is 2.27. The Labute approximate surface area is 110 Å². The van der Waals surface area contributed by atoms with Crippen molar-refractivity contribution in [1.82, 2.24) is 9.97 Å². The van der Waals surface area contributed by atoms with Crippen LogP contribution in [-0.2, 0) is 11.3 Å². The molecule has 2 heterocycles. The van der Waals surface area contributed by atoms with Crippen molar-refractivity contribution in [3.05, 3.63) is 16.8 Å². The molecule has 104 valence electrons. The number of aryl methyl sites for hydroxylation is 1. The number of nitrogens with one attached hydrogen (secondary N) is 1. The van der Waals surface area contributed by atoms with Gasteiger partial charge in [0.25, 0.3) is 0 Å². The van der Waals surface area contributed by atoms with E-state index in [9.17, 15) is 13.2 Å². The second kappa shape index (κ2) is 5.27. The quantitative estimate of drug-likeness (QED) is 0.668. The molecule has 0 atom stereocenters. The molecule has 0 aliphatic carbocycles. The molecule has 0 amide bonds. The molecule has 9 heteroatoms. The van der Waals surface area contributed by atoms with E-state index in [0.29, 0.717) is 10.6 Å². The Morgan fingerprint density at radius 1 is 1.42 bits per heavy atom. The molecular weight excluding hydrogens is 281 g/mol. The molecule has 0 saturated carbocycles. The van der Waals surface area contributed by atoms with Crippen molar-refractivity contribution in [2.45, 2.75) is 19.7 Å². The van der Waals surface area contributed by atoms with E-state index in [4.69, 9.17) is 5.84 Å². The highest BCUT2D eigenvalue weighted by Crippen LogP contribution is 2.28. The van der Waals surface area contributed by atoms with Gasteiger partial charge in [0, 0.05) is 4.88 Å². The van der Waals surface area contributed by atoms with E-state index >= 15 is 0 Å². The van der Waals surface area contributed by atoms with Gasteiger partial charge in [0.2, 0.25) is 0 Å². The number of hydrogen-bond acceptors (Lipinski definition) is 6. The minimum absolute atomic E-state index is 0.159. The number of ether oxygens (including phenoxy) is 1. The van der Waals surface area contributed by atoms with Gasteiger partial charge in [-0.25, -0.2) is 15.8 Å². The van der Waals surface area contributed by atoms with Gasteiger partial charge in [0.05, 0.1) is 5.39 Å². The molecule has 2 aromatic rings. The maximum Gasteiger partial charge on any atom is 0.411 e. The number of rotatable bonds is 4. The van der Waals surface area contributed by atoms with Crippen LogP contribution in [0, 0.1) is 6.92 Å². The third kappa shape index (κ3) is 3.52. The summed E-state index contributed by atoms with van der Waals surface area (Å²) in [6.45, 7) is 0.247. The largest absolute Gasteiger partial charge is 0.411 e. The number of anilines is 1. The average molecular weight is 292 g/mol. The number of halogens is 3. The number of aromatic nitrogens is 2. The Morgan fingerprint density at radius 2 is 2.16 bits per heavy atom. The van der Waals surface area contributed by atoms with Gasteiger partial charge < -0.3 is 10.2 Å². The maximum absolute atomic E-state index is 12.0. The van der Waals surface area contributed by atoms with Crippen LogP contribution in [0.2, 0.25) is 0 Å². The summed E-state index contributed by atoms with van der Waals surface area (Å²) in [4.78, 5) is 9.83. The van der Waals surface area contributed by atoms with Crippen LogP contribution in [0.15, 0.2) is 6.07 Å². The zero-order chi connectivity index (χ0) is 14.0. The normalized spacial score (nSPS) is 12.1. The van der Waals surface area contributed by atoms with Crippen molar-refractivity contribution >= 4 is 27.4 Å². The molecule has 0 aliphatic rings. The third-order valence-electron chi connectivity index (χ3n) is 2.20. The molecule has 19 heavy (non-hydrogen) atoms. The summed E-state index contributed by atoms with van der Waals surface area (Å²) in [6.07, 6.45) is -4.36. The molecule has 0 unspecified atom stereocenters. The second-order valence-electron chi connectivity index (χ2n) is 3.82. The highest BCUT2D eigenvalue weighted by atomic mass is 32.1. The Kier molecular flexibility index (Phi) is 3.88. The molecule has 0 spiro atoms. The Hall–Kier alpha value is -1.45. The van der Waals surface area contributed by atoms with Gasteiger partial charge in [-0.05, 0) is 13.0 Å². The first-order valence-electron chi connectivity index (χ1n) is 5.27. The van der Waals surface area contributed by atoms with Crippen LogP contribution in [-0.4, -0.2) is 22.8 Å². The highest BCUT2D eigenvalue weighted by molar-refractivity contribution is 7.18. The number of nitrogens with two attached hydrogens (primary N) is 1. The summed E-state index contributed by atoms with van der Waals surface area (Å²) in [5.41, 5.74) is 2.41. The van der Waals surface area contributed by atoms with Crippen molar-refractivity contribution in [3.63, 3.8) is 0 Å². The summed E-state index contributed by atoms with van der Waals surface area (Å²) in [6, 6.07) is 1.86. The second-order valence-corrected chi connectivity index (χ2v) is 5.05. The van der Waals surface area contributed by atoms with E-state index < -0.39 is 12.8 Å². The fourth-order valence-electron chi connectivity index (χ4n) is 1.52. The number of thiophene rings is 1. The molecule has 0 saturated heterocycles. The van der Waals surface area contributed by atoms with Crippen molar-refractivity contribution in [3.8, 4) is 0 Å². The minimum Gasteiger partial charge on any atom is -0.364 e. The summed E-state index contributed by atoms with van der Waals surface area (Å²) < 4.78 is 40.4. The van der Waals surface area contributed by atoms with Crippen LogP contribution in [0.1, 0.15) is 10.7 Å². The van der Waals surface area contributed by atoms with Gasteiger partial charge in [0.1, 0.15) is 18.0 Å². The maximum atomic E-state index is 12.0. The van der Waals surface area contributed by atoms with Crippen molar-refractivity contribution in [2.75, 3.05) is 12.0 Å². The molecule has 0 fully saturated rings. The number of alkyl halides is 3. The SMILES string of the molecule is Cc1cc2c(NN)nc(COCC(F)(F)F)nc2s1. The van der Waals surface area contributed by atoms with Gasteiger partial charge in [-0.2, -0.15) is 13.2 Å². The lowest BCUT2D eigenvalue weighted by Gasteiger charge is -2.08. The molecule has 0 aliphatic heterocycles. The first-order valence-corrected chi connectivity index (χ1v) is 6.09. The number of hydrazine groups is 1. The molecular formula is C10H11F3N4OS. The van der Waals surface area contributed by atoms with Crippen LogP contribution < -0.4 is 11.3 Å². The zero-order valence-corrected chi connectivity index (χ0v) is 10.7. The van der Waals surface area contributed by atoms with Gasteiger partial charge in [-0.1, -0.05) is 0 Å². The van der Waals surface area contributed by atoms with Gasteiger partial charge in [0.15, 0.2) is 11.6 Å². The van der Waals surface area contributed by atoms with Gasteiger partial charge in [-0.15, -0.1) is 11.3 Å². The molecule has 3 N–H and O–H groups in total. The molecule has 0 bridgehead atoms. The lowest BCUT2D eigenvalue weighted by Crippen LogP contribution is -2.17. The van der Waals surface area contributed by atoms with Gasteiger partial charge >= 0.3 is 6.18 Å². The van der Waals surface area contributed by atoms with Crippen molar-refractivity contribution < 1.29 is 17.9 Å². The number of nitrogen functional groups attached to an aromatic ring is 1. The van der Waals surface area contributed by atoms with E-state index in [1.807, 2.05) is 13.0 Å². The topological polar surface area (TPSA) is 73.1 Å². The lowest BCUT2D eigenvalue weighted by atomic mass is 10.3. The molecule has 2 aromatic heterocycles. The fraction of sp³-hybridized carbons (Fsp3) is 0.400. The van der Waals surface area contributed by atoms with E-state index in [1.54, 1.807) is 0 Å². The standard InChI is InChI=1S/C10H11F3N4OS/c1-5-2-6-8(17-14)15-7(16-9(6)19-5)3-18-4-10(11,12)13/h2H,3-4,14H2,1H3,(H,15,16,17). The van der Waals surface area contributed by atoms with Crippen LogP contribution in [0.4, 0.5) is 19.0 Å². The predicted octanol–water partition coefficient (Wildman–Crippen LogP) is 2.36. The van der Waals surface area contributed by atoms with Crippen molar-refractivity contribution in [2.24, 2.45) is 5.84 Å². The lowest BCUT2D eigenvalue weighted by molar-refractivity contribution is -0.177. The molecule has 0 radical (unpaired) electrons. The van der Waals surface area contributed by atoms with E-state index in [0.717, 1.165) is 10.3 Å². The van der Waals surface area contributed by atoms with E-state index in [2.05, 4.69) is 20.1 Å². The van der Waals surface area contributed by atoms with Crippen LogP contribution in [0.25, 0.3) is 10.2 Å². The number of hydrogen-bond donors (Lipinski definition) is 2. The summed E-state index contributed by atoms with van der Waals surface area (Å²) >= 11 is 1.41. The average Bonchev–Trinajstić information content (AvgIpc) is 2.66. The number of fused-ring (bicyclic) bond motifs is 1. The Balaban J connectivity index is 2.19. The third-order valence-corrected chi connectivity index (χ3v) is 3.14. The first-order chi connectivity index (χ1) is 8.89. The number of nitrogens with zero attached hydrogens (tertiary/aromatic N) is 2. The fourth-order valence-corrected chi connectivity index (χ4v) is 2.42. The smallest absolute Gasteiger partial charge is 0.364 e. The monoisotopic (exact) mass is 292 g/mol. The summed E-state index contributed by atoms with van der Waals surface area (Å²) in [5.74, 6) is 5.87. The van der Waals surface area contributed by atoms with Crippen LogP contribution >= 0.6 is 11.3 Å². The molecule has 0 aromatic carbocycles. The van der Waals surface area contributed by atoms with E-state index in [1.165, 1.54) is 11.3 Å². The summed E-state index contributed by atoms with van der Waals surface area (Å²) in [5, 5.41) is 0.740. The van der Waals surface area contributed by atoms with E-state index in [-0.39, 0.29) is 12.4 Å². The van der Waals surface area contributed by atoms with Crippen molar-refractivity contribution in [1.29, 1.82) is 0 Å². The van der Waals surface area contributed by atoms with Gasteiger partial charge in [-0.3, -0.25) is 0 Å². The molecule has 5 nitrogen and oxygen atoms in total. The summed E-state index contributed by atoms with van der Waals surface area (Å²) in [7, 11) is 0. The Morgan fingerprint density at radius 3 is 2.79 bits per heavy atom. The van der Waals surface area contributed by atoms with Crippen LogP contribution in [0.5, 0.6) is 0 Å². The Bertz CT molecular complexity index is 584. The zero-order valence-electron chi connectivity index (χ0n) is 9.91. The first kappa shape index (κ1) is 14.0. The minimum atomic E-state index is -4.36.